The van der Waals surface area contributed by atoms with Gasteiger partial charge in [-0.2, -0.15) is 24.7 Å². The minimum atomic E-state index is 0.124. The quantitative estimate of drug-likeness (QED) is 0.705. The van der Waals surface area contributed by atoms with Crippen LogP contribution in [0.5, 0.6) is 0 Å². The molecule has 8 heteroatoms. The second-order valence-corrected chi connectivity index (χ2v) is 3.85. The maximum Gasteiger partial charge on any atom is 0.257 e. The maximum atomic E-state index is 5.71. The van der Waals surface area contributed by atoms with Gasteiger partial charge < -0.3 is 5.73 Å². The van der Waals surface area contributed by atoms with Crippen LogP contribution in [-0.2, 0) is 0 Å². The zero-order valence-corrected chi connectivity index (χ0v) is 10.1. The number of nitrogen functional groups attached to an aromatic ring is 1. The van der Waals surface area contributed by atoms with Crippen molar-refractivity contribution in [1.29, 1.82) is 0 Å². The molecule has 0 aromatic carbocycles. The van der Waals surface area contributed by atoms with Gasteiger partial charge in [-0.1, -0.05) is 0 Å². The summed E-state index contributed by atoms with van der Waals surface area (Å²) >= 11 is 0. The Morgan fingerprint density at radius 3 is 2.79 bits per heavy atom. The van der Waals surface area contributed by atoms with Crippen molar-refractivity contribution >= 4 is 5.95 Å². The predicted molar refractivity (Wildman–Crippen MR) is 67.1 cm³/mol. The van der Waals surface area contributed by atoms with E-state index in [0.29, 0.717) is 11.8 Å². The Hall–Kier alpha value is -2.90. The lowest BCUT2D eigenvalue weighted by atomic mass is 10.1. The molecule has 3 aromatic heterocycles. The molecule has 19 heavy (non-hydrogen) atoms. The highest BCUT2D eigenvalue weighted by Crippen LogP contribution is 2.19. The van der Waals surface area contributed by atoms with E-state index in [4.69, 9.17) is 5.73 Å². The van der Waals surface area contributed by atoms with E-state index in [2.05, 4.69) is 30.0 Å². The number of hydrogen-bond donors (Lipinski definition) is 1. The summed E-state index contributed by atoms with van der Waals surface area (Å²) in [5, 5.41) is 3.97. The SMILES string of the molecule is Cc1ccncc1-c1nc(N)nc(-n2cncn2)n1. The molecular formula is C11H10N8. The Morgan fingerprint density at radius 1 is 1.16 bits per heavy atom. The largest absolute Gasteiger partial charge is 0.368 e. The van der Waals surface area contributed by atoms with E-state index in [9.17, 15) is 0 Å². The van der Waals surface area contributed by atoms with Crippen LogP contribution in [0.2, 0.25) is 0 Å². The number of pyridine rings is 1. The lowest BCUT2D eigenvalue weighted by Gasteiger charge is -2.06. The van der Waals surface area contributed by atoms with Gasteiger partial charge in [-0.3, -0.25) is 4.98 Å². The fourth-order valence-corrected chi connectivity index (χ4v) is 1.61. The van der Waals surface area contributed by atoms with E-state index in [-0.39, 0.29) is 5.95 Å². The number of rotatable bonds is 2. The minimum absolute atomic E-state index is 0.124. The highest BCUT2D eigenvalue weighted by atomic mass is 15.4. The molecule has 0 saturated carbocycles. The molecule has 0 fully saturated rings. The molecule has 3 heterocycles. The first-order chi connectivity index (χ1) is 9.24. The van der Waals surface area contributed by atoms with Crippen LogP contribution in [0.25, 0.3) is 17.3 Å². The molecule has 0 atom stereocenters. The molecule has 0 unspecified atom stereocenters. The van der Waals surface area contributed by atoms with Crippen molar-refractivity contribution in [2.75, 3.05) is 5.73 Å². The third kappa shape index (κ3) is 2.10. The molecule has 0 aliphatic heterocycles. The molecule has 3 aromatic rings. The monoisotopic (exact) mass is 254 g/mol. The zero-order chi connectivity index (χ0) is 13.2. The Balaban J connectivity index is 2.16. The third-order valence-electron chi connectivity index (χ3n) is 2.54. The van der Waals surface area contributed by atoms with Crippen LogP contribution >= 0.6 is 0 Å². The highest BCUT2D eigenvalue weighted by molar-refractivity contribution is 5.59. The summed E-state index contributed by atoms with van der Waals surface area (Å²) in [4.78, 5) is 20.4. The Labute approximate surface area is 108 Å². The lowest BCUT2D eigenvalue weighted by Crippen LogP contribution is -2.08. The summed E-state index contributed by atoms with van der Waals surface area (Å²) in [7, 11) is 0. The molecule has 94 valence electrons. The van der Waals surface area contributed by atoms with Gasteiger partial charge in [-0.15, -0.1) is 0 Å². The summed E-state index contributed by atoms with van der Waals surface area (Å²) < 4.78 is 1.42. The van der Waals surface area contributed by atoms with Crippen molar-refractivity contribution in [3.05, 3.63) is 36.7 Å². The van der Waals surface area contributed by atoms with Gasteiger partial charge in [0.15, 0.2) is 5.82 Å². The van der Waals surface area contributed by atoms with Crippen molar-refractivity contribution in [2.45, 2.75) is 6.92 Å². The van der Waals surface area contributed by atoms with Crippen molar-refractivity contribution in [3.63, 3.8) is 0 Å². The van der Waals surface area contributed by atoms with Gasteiger partial charge in [0.05, 0.1) is 0 Å². The second kappa shape index (κ2) is 4.41. The number of anilines is 1. The number of nitrogens with two attached hydrogens (primary N) is 1. The first kappa shape index (κ1) is 11.2. The molecular weight excluding hydrogens is 244 g/mol. The van der Waals surface area contributed by atoms with Crippen LogP contribution in [0.1, 0.15) is 5.56 Å². The van der Waals surface area contributed by atoms with Crippen molar-refractivity contribution < 1.29 is 0 Å². The summed E-state index contributed by atoms with van der Waals surface area (Å²) in [6, 6.07) is 1.88. The van der Waals surface area contributed by atoms with Crippen molar-refractivity contribution in [3.8, 4) is 17.3 Å². The molecule has 0 spiro atoms. The molecule has 0 aliphatic rings. The van der Waals surface area contributed by atoms with Crippen LogP contribution in [-0.4, -0.2) is 34.7 Å². The summed E-state index contributed by atoms with van der Waals surface area (Å²) in [6.45, 7) is 1.95. The summed E-state index contributed by atoms with van der Waals surface area (Å²) in [6.07, 6.45) is 6.29. The minimum Gasteiger partial charge on any atom is -0.368 e. The van der Waals surface area contributed by atoms with Gasteiger partial charge in [-0.05, 0) is 18.6 Å². The van der Waals surface area contributed by atoms with Gasteiger partial charge in [0.1, 0.15) is 12.7 Å². The standard InChI is InChI=1S/C11H10N8/c1-7-2-3-13-4-8(7)9-16-10(12)18-11(17-9)19-6-14-5-15-19/h2-6H,1H3,(H2,12,16,17,18). The maximum absolute atomic E-state index is 5.71. The number of hydrogen-bond acceptors (Lipinski definition) is 7. The fourth-order valence-electron chi connectivity index (χ4n) is 1.61. The van der Waals surface area contributed by atoms with Gasteiger partial charge in [0.25, 0.3) is 5.95 Å². The molecule has 0 radical (unpaired) electrons. The fraction of sp³-hybridized carbons (Fsp3) is 0.0909. The van der Waals surface area contributed by atoms with E-state index in [0.717, 1.165) is 11.1 Å². The molecule has 0 aliphatic carbocycles. The molecule has 0 saturated heterocycles. The van der Waals surface area contributed by atoms with Gasteiger partial charge >= 0.3 is 0 Å². The lowest BCUT2D eigenvalue weighted by molar-refractivity contribution is 0.799. The summed E-state index contributed by atoms with van der Waals surface area (Å²) in [5.74, 6) is 0.908. The summed E-state index contributed by atoms with van der Waals surface area (Å²) in [5.41, 5.74) is 7.52. The molecule has 0 amide bonds. The molecule has 2 N–H and O–H groups in total. The van der Waals surface area contributed by atoms with Crippen LogP contribution in [0, 0.1) is 6.92 Å². The van der Waals surface area contributed by atoms with Gasteiger partial charge in [-0.25, -0.2) is 4.98 Å². The zero-order valence-electron chi connectivity index (χ0n) is 10.1. The average Bonchev–Trinajstić information content (AvgIpc) is 2.92. The predicted octanol–water partition coefficient (Wildman–Crippen LogP) is 0.405. The van der Waals surface area contributed by atoms with E-state index < -0.39 is 0 Å². The van der Waals surface area contributed by atoms with Crippen LogP contribution in [0.15, 0.2) is 31.1 Å². The van der Waals surface area contributed by atoms with Gasteiger partial charge in [0.2, 0.25) is 5.95 Å². The molecule has 3 rings (SSSR count). The molecule has 8 nitrogen and oxygen atoms in total. The van der Waals surface area contributed by atoms with Crippen LogP contribution < -0.4 is 5.73 Å². The van der Waals surface area contributed by atoms with Crippen molar-refractivity contribution in [1.82, 2.24) is 34.7 Å². The highest BCUT2D eigenvalue weighted by Gasteiger charge is 2.10. The van der Waals surface area contributed by atoms with Crippen LogP contribution in [0.4, 0.5) is 5.95 Å². The normalized spacial score (nSPS) is 10.6. The van der Waals surface area contributed by atoms with E-state index in [1.807, 2.05) is 13.0 Å². The van der Waals surface area contributed by atoms with E-state index in [1.165, 1.54) is 17.3 Å². The Morgan fingerprint density at radius 2 is 2.05 bits per heavy atom. The first-order valence-electron chi connectivity index (χ1n) is 5.51. The Kier molecular flexibility index (Phi) is 2.60. The van der Waals surface area contributed by atoms with E-state index in [1.54, 1.807) is 12.4 Å². The average molecular weight is 254 g/mol. The number of aryl methyl sites for hydroxylation is 1. The topological polar surface area (TPSA) is 108 Å². The number of aromatic nitrogens is 7. The first-order valence-corrected chi connectivity index (χ1v) is 5.51. The van der Waals surface area contributed by atoms with Crippen molar-refractivity contribution in [2.24, 2.45) is 0 Å². The third-order valence-corrected chi connectivity index (χ3v) is 2.54. The smallest absolute Gasteiger partial charge is 0.257 e. The van der Waals surface area contributed by atoms with Crippen LogP contribution in [0.3, 0.4) is 0 Å². The van der Waals surface area contributed by atoms with Gasteiger partial charge in [0, 0.05) is 18.0 Å². The molecule has 0 bridgehead atoms. The Bertz CT molecular complexity index is 706. The van der Waals surface area contributed by atoms with E-state index >= 15 is 0 Å². The second-order valence-electron chi connectivity index (χ2n) is 3.85. The number of nitrogens with zero attached hydrogens (tertiary/aromatic N) is 7.